The third-order valence-corrected chi connectivity index (χ3v) is 7.60. The summed E-state index contributed by atoms with van der Waals surface area (Å²) in [5, 5.41) is 6.89. The Balaban J connectivity index is 1.79. The van der Waals surface area contributed by atoms with Crippen molar-refractivity contribution in [1.82, 2.24) is 14.5 Å². The fraction of sp³-hybridized carbons (Fsp3) is 0.476. The lowest BCUT2D eigenvalue weighted by molar-refractivity contribution is -0.114. The number of carbonyl (C=O) groups excluding carboxylic acids is 1. The minimum absolute atomic E-state index is 0.000529. The first-order chi connectivity index (χ1) is 14.2. The molecule has 2 N–H and O–H groups in total. The zero-order chi connectivity index (χ0) is 21.9. The zero-order valence-corrected chi connectivity index (χ0v) is 19.6. The number of aryl methyl sites for hydroxylation is 2. The molecule has 0 bridgehead atoms. The van der Waals surface area contributed by atoms with Crippen LogP contribution >= 0.6 is 11.3 Å². The molecule has 1 amide bonds. The molecule has 3 rings (SSSR count). The maximum Gasteiger partial charge on any atom is 0.240 e. The number of benzene rings is 1. The number of thiophene rings is 1. The fourth-order valence-corrected chi connectivity index (χ4v) is 5.69. The van der Waals surface area contributed by atoms with E-state index in [1.807, 2.05) is 5.38 Å². The van der Waals surface area contributed by atoms with Gasteiger partial charge < -0.3 is 10.2 Å². The minimum atomic E-state index is -3.68. The van der Waals surface area contributed by atoms with Gasteiger partial charge in [-0.2, -0.15) is 11.3 Å². The van der Waals surface area contributed by atoms with Crippen LogP contribution in [0, 0.1) is 13.8 Å². The van der Waals surface area contributed by atoms with Crippen molar-refractivity contribution in [3.05, 3.63) is 45.6 Å². The Hall–Kier alpha value is -1.78. The number of likely N-dealkylation sites (N-methyl/N-ethyl adjacent to an activating group) is 1. The first kappa shape index (κ1) is 22.9. The fourth-order valence-electron chi connectivity index (χ4n) is 3.78. The topological polar surface area (TPSA) is 81.7 Å². The lowest BCUT2D eigenvalue weighted by Crippen LogP contribution is -2.48. The molecule has 0 radical (unpaired) electrons. The second kappa shape index (κ2) is 9.57. The number of anilines is 1. The van der Waals surface area contributed by atoms with Gasteiger partial charge in [-0.1, -0.05) is 0 Å². The Morgan fingerprint density at radius 3 is 2.33 bits per heavy atom. The molecule has 164 valence electrons. The minimum Gasteiger partial charge on any atom is -0.326 e. The Kier molecular flexibility index (Phi) is 7.30. The smallest absolute Gasteiger partial charge is 0.240 e. The molecule has 1 aromatic carbocycles. The van der Waals surface area contributed by atoms with E-state index in [1.165, 1.54) is 6.92 Å². The Morgan fingerprint density at radius 1 is 1.17 bits per heavy atom. The highest BCUT2D eigenvalue weighted by atomic mass is 32.2. The summed E-state index contributed by atoms with van der Waals surface area (Å²) < 4.78 is 28.9. The van der Waals surface area contributed by atoms with Crippen molar-refractivity contribution in [1.29, 1.82) is 0 Å². The lowest BCUT2D eigenvalue weighted by Gasteiger charge is -2.38. The first-order valence-corrected chi connectivity index (χ1v) is 12.4. The van der Waals surface area contributed by atoms with E-state index in [4.69, 9.17) is 0 Å². The molecule has 1 aliphatic heterocycles. The number of carbonyl (C=O) groups is 1. The number of sulfonamides is 1. The van der Waals surface area contributed by atoms with Crippen LogP contribution in [0.4, 0.5) is 5.69 Å². The van der Waals surface area contributed by atoms with E-state index in [9.17, 15) is 13.2 Å². The van der Waals surface area contributed by atoms with Gasteiger partial charge >= 0.3 is 0 Å². The lowest BCUT2D eigenvalue weighted by atomic mass is 10.1. The van der Waals surface area contributed by atoms with Crippen LogP contribution in [0.15, 0.2) is 33.9 Å². The predicted molar refractivity (Wildman–Crippen MR) is 122 cm³/mol. The van der Waals surface area contributed by atoms with Crippen molar-refractivity contribution in [3.8, 4) is 0 Å². The van der Waals surface area contributed by atoms with Gasteiger partial charge in [0.05, 0.1) is 4.90 Å². The highest BCUT2D eigenvalue weighted by Crippen LogP contribution is 2.27. The van der Waals surface area contributed by atoms with Crippen LogP contribution in [-0.2, 0) is 14.8 Å². The predicted octanol–water partition coefficient (Wildman–Crippen LogP) is 2.59. The van der Waals surface area contributed by atoms with Gasteiger partial charge in [0.2, 0.25) is 15.9 Å². The molecule has 7 nitrogen and oxygen atoms in total. The van der Waals surface area contributed by atoms with Crippen LogP contribution in [0.25, 0.3) is 0 Å². The molecule has 2 heterocycles. The molecular weight excluding hydrogens is 420 g/mol. The first-order valence-electron chi connectivity index (χ1n) is 10.0. The molecule has 1 fully saturated rings. The quantitative estimate of drug-likeness (QED) is 0.678. The summed E-state index contributed by atoms with van der Waals surface area (Å²) in [4.78, 5) is 16.3. The van der Waals surface area contributed by atoms with E-state index in [-0.39, 0.29) is 16.8 Å². The second-order valence-electron chi connectivity index (χ2n) is 7.88. The molecule has 9 heteroatoms. The maximum absolute atomic E-state index is 13.1. The number of nitrogens with one attached hydrogen (secondary N) is 2. The van der Waals surface area contributed by atoms with Gasteiger partial charge in [-0.15, -0.1) is 0 Å². The number of hydrogen-bond acceptors (Lipinski definition) is 6. The van der Waals surface area contributed by atoms with Crippen molar-refractivity contribution in [2.75, 3.05) is 45.1 Å². The van der Waals surface area contributed by atoms with Crippen molar-refractivity contribution in [2.45, 2.75) is 31.7 Å². The van der Waals surface area contributed by atoms with Gasteiger partial charge in [0, 0.05) is 51.4 Å². The number of amides is 1. The van der Waals surface area contributed by atoms with Gasteiger partial charge in [0.1, 0.15) is 0 Å². The van der Waals surface area contributed by atoms with Gasteiger partial charge in [-0.25, -0.2) is 13.1 Å². The Bertz CT molecular complexity index is 959. The van der Waals surface area contributed by atoms with Crippen molar-refractivity contribution >= 4 is 33.0 Å². The number of rotatable bonds is 7. The third-order valence-electron chi connectivity index (χ3n) is 5.49. The summed E-state index contributed by atoms with van der Waals surface area (Å²) in [5.74, 6) is -0.180. The largest absolute Gasteiger partial charge is 0.326 e. The Labute approximate surface area is 183 Å². The van der Waals surface area contributed by atoms with Crippen LogP contribution in [0.2, 0.25) is 0 Å². The normalized spacial score (nSPS) is 17.1. The summed E-state index contributed by atoms with van der Waals surface area (Å²) in [6.07, 6.45) is 0. The van der Waals surface area contributed by atoms with Crippen LogP contribution < -0.4 is 10.0 Å². The summed E-state index contributed by atoms with van der Waals surface area (Å²) >= 11 is 1.62. The summed E-state index contributed by atoms with van der Waals surface area (Å²) in [5.41, 5.74) is 3.24. The average molecular weight is 451 g/mol. The highest BCUT2D eigenvalue weighted by molar-refractivity contribution is 7.89. The molecule has 1 atom stereocenters. The van der Waals surface area contributed by atoms with E-state index >= 15 is 0 Å². The molecule has 0 saturated carbocycles. The van der Waals surface area contributed by atoms with E-state index in [2.05, 4.69) is 38.3 Å². The number of piperazine rings is 1. The van der Waals surface area contributed by atoms with Crippen LogP contribution in [0.5, 0.6) is 0 Å². The molecule has 1 aliphatic rings. The van der Waals surface area contributed by atoms with Crippen LogP contribution in [-0.4, -0.2) is 63.9 Å². The molecular formula is C21H30N4O3S2. The maximum atomic E-state index is 13.1. The molecule has 0 aliphatic carbocycles. The van der Waals surface area contributed by atoms with Gasteiger partial charge in [0.25, 0.3) is 0 Å². The summed E-state index contributed by atoms with van der Waals surface area (Å²) in [7, 11) is -1.58. The monoisotopic (exact) mass is 450 g/mol. The standard InChI is InChI=1S/C21H30N4O3S2/c1-15-11-19(12-16(2)21(15)23-17(3)26)30(27,28)22-13-20(18-5-10-29-14-18)25-8-6-24(4)7-9-25/h5,10-12,14,20,22H,6-9,13H2,1-4H3,(H,23,26). The number of nitrogens with zero attached hydrogens (tertiary/aromatic N) is 2. The third kappa shape index (κ3) is 5.47. The molecule has 2 aromatic rings. The Morgan fingerprint density at radius 2 is 1.80 bits per heavy atom. The van der Waals surface area contributed by atoms with Gasteiger partial charge in [-0.05, 0) is 66.5 Å². The molecule has 1 aromatic heterocycles. The molecule has 1 unspecified atom stereocenters. The molecule has 30 heavy (non-hydrogen) atoms. The SMILES string of the molecule is CC(=O)Nc1c(C)cc(S(=O)(=O)NCC(c2ccsc2)N2CCN(C)CC2)cc1C. The second-order valence-corrected chi connectivity index (χ2v) is 10.4. The highest BCUT2D eigenvalue weighted by Gasteiger charge is 2.26. The van der Waals surface area contributed by atoms with Crippen LogP contribution in [0.3, 0.4) is 0 Å². The summed E-state index contributed by atoms with van der Waals surface area (Å²) in [6.45, 7) is 9.10. The zero-order valence-electron chi connectivity index (χ0n) is 17.9. The average Bonchev–Trinajstić information content (AvgIpc) is 3.20. The van der Waals surface area contributed by atoms with Gasteiger partial charge in [-0.3, -0.25) is 9.69 Å². The molecule has 1 saturated heterocycles. The summed E-state index contributed by atoms with van der Waals surface area (Å²) in [6, 6.07) is 5.28. The molecule has 0 spiro atoms. The van der Waals surface area contributed by atoms with Crippen molar-refractivity contribution in [2.24, 2.45) is 0 Å². The van der Waals surface area contributed by atoms with E-state index < -0.39 is 10.0 Å². The van der Waals surface area contributed by atoms with E-state index in [1.54, 1.807) is 37.3 Å². The number of hydrogen-bond donors (Lipinski definition) is 2. The van der Waals surface area contributed by atoms with E-state index in [0.29, 0.717) is 12.2 Å². The van der Waals surface area contributed by atoms with Crippen LogP contribution in [0.1, 0.15) is 29.7 Å². The van der Waals surface area contributed by atoms with Gasteiger partial charge in [0.15, 0.2) is 0 Å². The van der Waals surface area contributed by atoms with E-state index in [0.717, 1.165) is 42.9 Å². The van der Waals surface area contributed by atoms with Crippen molar-refractivity contribution < 1.29 is 13.2 Å². The van der Waals surface area contributed by atoms with Crippen molar-refractivity contribution in [3.63, 3.8) is 0 Å².